The minimum absolute atomic E-state index is 0.0469. The van der Waals surface area contributed by atoms with Gasteiger partial charge in [-0.15, -0.1) is 11.3 Å². The molecule has 1 heterocycles. The number of methoxy groups -OCH3 is 1. The normalized spacial score (nSPS) is 15.3. The van der Waals surface area contributed by atoms with Crippen LogP contribution in [0.15, 0.2) is 6.20 Å². The lowest BCUT2D eigenvalue weighted by Gasteiger charge is -2.13. The molecule has 0 bridgehead atoms. The van der Waals surface area contributed by atoms with E-state index in [4.69, 9.17) is 4.74 Å². The Balaban J connectivity index is 2.76. The number of ether oxygens (including phenoxy) is 1. The summed E-state index contributed by atoms with van der Waals surface area (Å²) in [7, 11) is 1.65. The first-order valence-electron chi connectivity index (χ1n) is 3.76. The van der Waals surface area contributed by atoms with E-state index in [1.807, 2.05) is 6.92 Å². The van der Waals surface area contributed by atoms with Crippen molar-refractivity contribution in [2.45, 2.75) is 17.9 Å². The molecule has 0 aromatic carbocycles. The van der Waals surface area contributed by atoms with Gasteiger partial charge in [-0.2, -0.15) is 0 Å². The van der Waals surface area contributed by atoms with Gasteiger partial charge < -0.3 is 4.74 Å². The summed E-state index contributed by atoms with van der Waals surface area (Å²) in [5.41, 5.74) is 0. The van der Waals surface area contributed by atoms with Gasteiger partial charge in [0.25, 0.3) is 0 Å². The largest absolute Gasteiger partial charge is 0.380 e. The molecule has 1 aromatic rings. The molecule has 0 saturated carbocycles. The van der Waals surface area contributed by atoms with Crippen molar-refractivity contribution in [2.24, 2.45) is 0 Å². The fourth-order valence-corrected chi connectivity index (χ4v) is 2.22. The summed E-state index contributed by atoms with van der Waals surface area (Å²) < 4.78 is 5.14. The second-order valence-corrected chi connectivity index (χ2v) is 4.64. The molecule has 0 aliphatic rings. The number of carbonyl (C=O) groups excluding carboxylic acids is 1. The molecule has 1 aromatic heterocycles. The van der Waals surface area contributed by atoms with Gasteiger partial charge in [-0.05, 0) is 6.92 Å². The second kappa shape index (κ2) is 4.83. The Morgan fingerprint density at radius 2 is 2.46 bits per heavy atom. The molecule has 13 heavy (non-hydrogen) atoms. The molecule has 0 aliphatic heterocycles. The molecule has 1 rings (SSSR count). The van der Waals surface area contributed by atoms with Crippen molar-refractivity contribution in [1.82, 2.24) is 4.98 Å². The van der Waals surface area contributed by atoms with Gasteiger partial charge in [-0.1, -0.05) is 15.9 Å². The standard InChI is InChI=1S/C8H10BrNO2S/c1-5(12-2)7(9)8-10-3-6(4-11)13-8/h3-5,7H,1-2H3. The van der Waals surface area contributed by atoms with Crippen molar-refractivity contribution in [3.05, 3.63) is 16.1 Å². The average molecular weight is 264 g/mol. The summed E-state index contributed by atoms with van der Waals surface area (Å²) in [6, 6.07) is 0. The van der Waals surface area contributed by atoms with Crippen LogP contribution in [0.1, 0.15) is 26.4 Å². The summed E-state index contributed by atoms with van der Waals surface area (Å²) in [4.78, 5) is 15.2. The summed E-state index contributed by atoms with van der Waals surface area (Å²) in [5, 5.41) is 0.872. The number of halogens is 1. The van der Waals surface area contributed by atoms with Crippen molar-refractivity contribution in [2.75, 3.05) is 7.11 Å². The van der Waals surface area contributed by atoms with E-state index in [9.17, 15) is 4.79 Å². The van der Waals surface area contributed by atoms with Crippen LogP contribution in [-0.4, -0.2) is 24.5 Å². The lowest BCUT2D eigenvalue weighted by atomic mass is 10.3. The van der Waals surface area contributed by atoms with Gasteiger partial charge in [0.1, 0.15) is 5.01 Å². The molecule has 0 radical (unpaired) electrons. The highest BCUT2D eigenvalue weighted by Crippen LogP contribution is 2.30. The molecular formula is C8H10BrNO2S. The van der Waals surface area contributed by atoms with E-state index in [0.717, 1.165) is 11.3 Å². The predicted octanol–water partition coefficient (Wildman–Crippen LogP) is 2.43. The molecule has 0 amide bonds. The summed E-state index contributed by atoms with van der Waals surface area (Å²) in [6.07, 6.45) is 2.42. The third-order valence-electron chi connectivity index (χ3n) is 1.68. The maximum absolute atomic E-state index is 10.4. The van der Waals surface area contributed by atoms with Crippen molar-refractivity contribution >= 4 is 33.6 Å². The van der Waals surface area contributed by atoms with Gasteiger partial charge in [0.2, 0.25) is 0 Å². The van der Waals surface area contributed by atoms with Gasteiger partial charge in [-0.25, -0.2) is 4.98 Å². The van der Waals surface area contributed by atoms with Crippen LogP contribution in [0.3, 0.4) is 0 Å². The van der Waals surface area contributed by atoms with Crippen LogP contribution in [0.2, 0.25) is 0 Å². The summed E-state index contributed by atoms with van der Waals surface area (Å²) in [6.45, 7) is 1.95. The van der Waals surface area contributed by atoms with Crippen molar-refractivity contribution in [1.29, 1.82) is 0 Å². The zero-order chi connectivity index (χ0) is 9.84. The van der Waals surface area contributed by atoms with Crippen molar-refractivity contribution in [3.8, 4) is 0 Å². The lowest BCUT2D eigenvalue weighted by molar-refractivity contribution is 0.112. The molecule has 2 unspecified atom stereocenters. The van der Waals surface area contributed by atoms with Gasteiger partial charge in [0, 0.05) is 13.3 Å². The van der Waals surface area contributed by atoms with E-state index in [2.05, 4.69) is 20.9 Å². The minimum Gasteiger partial charge on any atom is -0.380 e. The number of thiazole rings is 1. The van der Waals surface area contributed by atoms with Gasteiger partial charge in [0.15, 0.2) is 6.29 Å². The Kier molecular flexibility index (Phi) is 4.02. The Labute approximate surface area is 89.3 Å². The summed E-state index contributed by atoms with van der Waals surface area (Å²) in [5.74, 6) is 0. The Morgan fingerprint density at radius 3 is 2.92 bits per heavy atom. The Bertz CT molecular complexity index is 289. The van der Waals surface area contributed by atoms with Gasteiger partial charge in [-0.3, -0.25) is 4.79 Å². The number of aromatic nitrogens is 1. The fraction of sp³-hybridized carbons (Fsp3) is 0.500. The van der Waals surface area contributed by atoms with E-state index in [1.54, 1.807) is 13.3 Å². The topological polar surface area (TPSA) is 39.2 Å². The molecule has 5 heteroatoms. The van der Waals surface area contributed by atoms with Crippen LogP contribution < -0.4 is 0 Å². The van der Waals surface area contributed by atoms with Crippen LogP contribution in [0.25, 0.3) is 0 Å². The van der Waals surface area contributed by atoms with E-state index in [1.165, 1.54) is 11.3 Å². The predicted molar refractivity (Wildman–Crippen MR) is 55.6 cm³/mol. The number of alkyl halides is 1. The highest BCUT2D eigenvalue weighted by Gasteiger charge is 2.18. The first kappa shape index (κ1) is 10.8. The molecule has 0 saturated heterocycles. The molecule has 0 fully saturated rings. The first-order valence-corrected chi connectivity index (χ1v) is 5.50. The maximum atomic E-state index is 10.4. The molecule has 2 atom stereocenters. The molecule has 72 valence electrons. The molecule has 0 N–H and O–H groups in total. The number of hydrogen-bond acceptors (Lipinski definition) is 4. The number of carbonyl (C=O) groups is 1. The van der Waals surface area contributed by atoms with Gasteiger partial charge >= 0.3 is 0 Å². The number of aldehydes is 1. The van der Waals surface area contributed by atoms with E-state index in [0.29, 0.717) is 4.88 Å². The summed E-state index contributed by atoms with van der Waals surface area (Å²) >= 11 is 4.84. The highest BCUT2D eigenvalue weighted by molar-refractivity contribution is 9.09. The molecule has 0 aliphatic carbocycles. The van der Waals surface area contributed by atoms with Crippen LogP contribution in [0.4, 0.5) is 0 Å². The van der Waals surface area contributed by atoms with Crippen molar-refractivity contribution in [3.63, 3.8) is 0 Å². The third-order valence-corrected chi connectivity index (χ3v) is 4.16. The van der Waals surface area contributed by atoms with Crippen molar-refractivity contribution < 1.29 is 9.53 Å². The minimum atomic E-state index is 0.0469. The fourth-order valence-electron chi connectivity index (χ4n) is 0.803. The maximum Gasteiger partial charge on any atom is 0.161 e. The van der Waals surface area contributed by atoms with E-state index >= 15 is 0 Å². The van der Waals surface area contributed by atoms with E-state index < -0.39 is 0 Å². The smallest absolute Gasteiger partial charge is 0.161 e. The molecule has 3 nitrogen and oxygen atoms in total. The number of hydrogen-bond donors (Lipinski definition) is 0. The number of nitrogens with zero attached hydrogens (tertiary/aromatic N) is 1. The number of rotatable bonds is 4. The highest BCUT2D eigenvalue weighted by atomic mass is 79.9. The second-order valence-electron chi connectivity index (χ2n) is 2.56. The Hall–Kier alpha value is -0.260. The molecular weight excluding hydrogens is 254 g/mol. The zero-order valence-electron chi connectivity index (χ0n) is 7.36. The lowest BCUT2D eigenvalue weighted by Crippen LogP contribution is -2.11. The quantitative estimate of drug-likeness (QED) is 0.619. The van der Waals surface area contributed by atoms with E-state index in [-0.39, 0.29) is 10.9 Å². The first-order chi connectivity index (χ1) is 6.19. The van der Waals surface area contributed by atoms with Crippen LogP contribution in [0.5, 0.6) is 0 Å². The molecule has 0 spiro atoms. The SMILES string of the molecule is COC(C)C(Br)c1ncc(C=O)s1. The zero-order valence-corrected chi connectivity index (χ0v) is 9.76. The van der Waals surface area contributed by atoms with Crippen LogP contribution in [-0.2, 0) is 4.74 Å². The van der Waals surface area contributed by atoms with Gasteiger partial charge in [0.05, 0.1) is 15.8 Å². The monoisotopic (exact) mass is 263 g/mol. The van der Waals surface area contributed by atoms with Crippen LogP contribution in [0, 0.1) is 0 Å². The van der Waals surface area contributed by atoms with Crippen LogP contribution >= 0.6 is 27.3 Å². The average Bonchev–Trinajstić information content (AvgIpc) is 2.63. The third kappa shape index (κ3) is 2.59. The Morgan fingerprint density at radius 1 is 1.77 bits per heavy atom.